The van der Waals surface area contributed by atoms with Crippen molar-refractivity contribution in [1.82, 2.24) is 5.32 Å². The molecule has 1 aromatic rings. The van der Waals surface area contributed by atoms with Gasteiger partial charge in [-0.1, -0.05) is 0 Å². The van der Waals surface area contributed by atoms with Gasteiger partial charge in [0, 0.05) is 19.6 Å². The van der Waals surface area contributed by atoms with Gasteiger partial charge >= 0.3 is 0 Å². The summed E-state index contributed by atoms with van der Waals surface area (Å²) in [7, 11) is 1.60. The standard InChI is InChI=1S/C15H21NO5/c1-19-12-2-4-13(5-3-12)21-8-6-14(17)16-10-15(18)7-9-20-11-15/h2-5,18H,6-11H2,1H3,(H,16,17). The summed E-state index contributed by atoms with van der Waals surface area (Å²) in [4.78, 5) is 11.7. The van der Waals surface area contributed by atoms with E-state index in [0.717, 1.165) is 5.75 Å². The molecule has 0 aliphatic carbocycles. The van der Waals surface area contributed by atoms with Gasteiger partial charge in [0.25, 0.3) is 0 Å². The number of carbonyl (C=O) groups is 1. The summed E-state index contributed by atoms with van der Waals surface area (Å²) in [5.41, 5.74) is -0.924. The van der Waals surface area contributed by atoms with E-state index in [0.29, 0.717) is 18.8 Å². The van der Waals surface area contributed by atoms with Crippen LogP contribution in [0.2, 0.25) is 0 Å². The molecule has 1 unspecified atom stereocenters. The van der Waals surface area contributed by atoms with E-state index in [4.69, 9.17) is 14.2 Å². The highest BCUT2D eigenvalue weighted by molar-refractivity contribution is 5.76. The van der Waals surface area contributed by atoms with Gasteiger partial charge in [0.15, 0.2) is 0 Å². The molecule has 0 spiro atoms. The third kappa shape index (κ3) is 4.91. The molecule has 1 amide bonds. The maximum atomic E-state index is 11.7. The predicted octanol–water partition coefficient (Wildman–Crippen LogP) is 0.732. The van der Waals surface area contributed by atoms with Gasteiger partial charge in [0.05, 0.1) is 26.7 Å². The number of rotatable bonds is 7. The molecule has 6 heteroatoms. The first-order valence-electron chi connectivity index (χ1n) is 6.95. The fourth-order valence-electron chi connectivity index (χ4n) is 2.02. The van der Waals surface area contributed by atoms with Crippen LogP contribution in [0.1, 0.15) is 12.8 Å². The molecule has 6 nitrogen and oxygen atoms in total. The molecule has 1 aliphatic rings. The van der Waals surface area contributed by atoms with Crippen LogP contribution in [0.5, 0.6) is 11.5 Å². The maximum absolute atomic E-state index is 11.7. The lowest BCUT2D eigenvalue weighted by Gasteiger charge is -2.20. The molecular weight excluding hydrogens is 274 g/mol. The first kappa shape index (κ1) is 15.6. The van der Waals surface area contributed by atoms with Crippen molar-refractivity contribution >= 4 is 5.91 Å². The molecule has 1 aliphatic heterocycles. The van der Waals surface area contributed by atoms with Gasteiger partial charge < -0.3 is 24.6 Å². The monoisotopic (exact) mass is 295 g/mol. The summed E-state index contributed by atoms with van der Waals surface area (Å²) in [6, 6.07) is 7.17. The largest absolute Gasteiger partial charge is 0.497 e. The summed E-state index contributed by atoms with van der Waals surface area (Å²) >= 11 is 0. The second-order valence-corrected chi connectivity index (χ2v) is 5.08. The minimum absolute atomic E-state index is 0.149. The Bertz CT molecular complexity index is 454. The van der Waals surface area contributed by atoms with Crippen LogP contribution < -0.4 is 14.8 Å². The Morgan fingerprint density at radius 3 is 2.71 bits per heavy atom. The first-order chi connectivity index (χ1) is 10.1. The average Bonchev–Trinajstić information content (AvgIpc) is 2.93. The summed E-state index contributed by atoms with van der Waals surface area (Å²) in [5.74, 6) is 1.29. The molecule has 21 heavy (non-hydrogen) atoms. The zero-order valence-corrected chi connectivity index (χ0v) is 12.1. The van der Waals surface area contributed by atoms with E-state index in [1.54, 1.807) is 31.4 Å². The topological polar surface area (TPSA) is 77.0 Å². The molecule has 116 valence electrons. The van der Waals surface area contributed by atoms with Crippen LogP contribution in [0.4, 0.5) is 0 Å². The zero-order valence-electron chi connectivity index (χ0n) is 12.1. The molecule has 1 aromatic carbocycles. The second kappa shape index (κ2) is 7.28. The zero-order chi connectivity index (χ0) is 15.1. The SMILES string of the molecule is COc1ccc(OCCC(=O)NCC2(O)CCOC2)cc1. The van der Waals surface area contributed by atoms with Crippen LogP contribution in [0.15, 0.2) is 24.3 Å². The quantitative estimate of drug-likeness (QED) is 0.775. The number of hydrogen-bond donors (Lipinski definition) is 2. The normalized spacial score (nSPS) is 21.0. The highest BCUT2D eigenvalue weighted by Crippen LogP contribution is 2.18. The number of amides is 1. The van der Waals surface area contributed by atoms with Crippen LogP contribution in [-0.4, -0.2) is 50.1 Å². The summed E-state index contributed by atoms with van der Waals surface area (Å²) < 4.78 is 15.6. The fraction of sp³-hybridized carbons (Fsp3) is 0.533. The van der Waals surface area contributed by atoms with Crippen molar-refractivity contribution in [3.63, 3.8) is 0 Å². The van der Waals surface area contributed by atoms with Crippen molar-refractivity contribution in [2.24, 2.45) is 0 Å². The summed E-state index contributed by atoms with van der Waals surface area (Å²) in [6.07, 6.45) is 0.790. The predicted molar refractivity (Wildman–Crippen MR) is 76.5 cm³/mol. The van der Waals surface area contributed by atoms with E-state index in [9.17, 15) is 9.90 Å². The number of ether oxygens (including phenoxy) is 3. The lowest BCUT2D eigenvalue weighted by molar-refractivity contribution is -0.122. The van der Waals surface area contributed by atoms with Gasteiger partial charge in [-0.05, 0) is 24.3 Å². The third-order valence-electron chi connectivity index (χ3n) is 3.35. The molecule has 2 rings (SSSR count). The lowest BCUT2D eigenvalue weighted by Crippen LogP contribution is -2.43. The second-order valence-electron chi connectivity index (χ2n) is 5.08. The Labute approximate surface area is 124 Å². The molecule has 0 saturated carbocycles. The molecule has 1 saturated heterocycles. The number of nitrogens with one attached hydrogen (secondary N) is 1. The average molecular weight is 295 g/mol. The molecular formula is C15H21NO5. The van der Waals surface area contributed by atoms with Gasteiger partial charge in [-0.3, -0.25) is 4.79 Å². The van der Waals surface area contributed by atoms with Crippen molar-refractivity contribution in [2.45, 2.75) is 18.4 Å². The van der Waals surface area contributed by atoms with E-state index in [1.165, 1.54) is 0 Å². The third-order valence-corrected chi connectivity index (χ3v) is 3.35. The van der Waals surface area contributed by atoms with Crippen LogP contribution in [0, 0.1) is 0 Å². The molecule has 2 N–H and O–H groups in total. The lowest BCUT2D eigenvalue weighted by atomic mass is 10.0. The Morgan fingerprint density at radius 1 is 1.38 bits per heavy atom. The molecule has 0 aromatic heterocycles. The number of methoxy groups -OCH3 is 1. The van der Waals surface area contributed by atoms with E-state index >= 15 is 0 Å². The minimum atomic E-state index is -0.924. The van der Waals surface area contributed by atoms with Crippen LogP contribution in [-0.2, 0) is 9.53 Å². The molecule has 1 heterocycles. The minimum Gasteiger partial charge on any atom is -0.497 e. The molecule has 0 bridgehead atoms. The smallest absolute Gasteiger partial charge is 0.223 e. The summed E-state index contributed by atoms with van der Waals surface area (Å²) in [6.45, 7) is 1.31. The Hall–Kier alpha value is -1.79. The fourth-order valence-corrected chi connectivity index (χ4v) is 2.02. The number of benzene rings is 1. The Morgan fingerprint density at radius 2 is 2.10 bits per heavy atom. The number of carbonyl (C=O) groups excluding carboxylic acids is 1. The van der Waals surface area contributed by atoms with Gasteiger partial charge in [0.2, 0.25) is 5.91 Å². The first-order valence-corrected chi connectivity index (χ1v) is 6.95. The van der Waals surface area contributed by atoms with Crippen molar-refractivity contribution in [3.8, 4) is 11.5 Å². The van der Waals surface area contributed by atoms with Gasteiger partial charge in [0.1, 0.15) is 17.1 Å². The number of hydrogen-bond acceptors (Lipinski definition) is 5. The highest BCUT2D eigenvalue weighted by Gasteiger charge is 2.32. The van der Waals surface area contributed by atoms with Crippen molar-refractivity contribution in [2.75, 3.05) is 33.5 Å². The Kier molecular flexibility index (Phi) is 5.41. The van der Waals surface area contributed by atoms with Crippen molar-refractivity contribution < 1.29 is 24.1 Å². The molecule has 0 radical (unpaired) electrons. The van der Waals surface area contributed by atoms with Gasteiger partial charge in [-0.25, -0.2) is 0 Å². The number of aliphatic hydroxyl groups is 1. The van der Waals surface area contributed by atoms with Gasteiger partial charge in [-0.2, -0.15) is 0 Å². The van der Waals surface area contributed by atoms with E-state index in [1.807, 2.05) is 0 Å². The van der Waals surface area contributed by atoms with Crippen LogP contribution in [0.3, 0.4) is 0 Å². The molecule has 1 fully saturated rings. The molecule has 1 atom stereocenters. The summed E-state index contributed by atoms with van der Waals surface area (Å²) in [5, 5.41) is 12.7. The van der Waals surface area contributed by atoms with E-state index < -0.39 is 5.60 Å². The van der Waals surface area contributed by atoms with Crippen molar-refractivity contribution in [3.05, 3.63) is 24.3 Å². The maximum Gasteiger partial charge on any atom is 0.223 e. The van der Waals surface area contributed by atoms with E-state index in [-0.39, 0.29) is 32.1 Å². The van der Waals surface area contributed by atoms with Crippen LogP contribution in [0.25, 0.3) is 0 Å². The van der Waals surface area contributed by atoms with Crippen LogP contribution >= 0.6 is 0 Å². The highest BCUT2D eigenvalue weighted by atomic mass is 16.5. The van der Waals surface area contributed by atoms with E-state index in [2.05, 4.69) is 5.32 Å². The Balaban J connectivity index is 1.64. The van der Waals surface area contributed by atoms with Crippen molar-refractivity contribution in [1.29, 1.82) is 0 Å². The van der Waals surface area contributed by atoms with Gasteiger partial charge in [-0.15, -0.1) is 0 Å².